The summed E-state index contributed by atoms with van der Waals surface area (Å²) in [5.74, 6) is 1.85. The van der Waals surface area contributed by atoms with Crippen molar-refractivity contribution in [3.8, 4) is 17.3 Å². The van der Waals surface area contributed by atoms with Crippen LogP contribution in [0.25, 0.3) is 22.2 Å². The van der Waals surface area contributed by atoms with E-state index >= 15 is 0 Å². The molecule has 4 aromatic rings. The zero-order valence-corrected chi connectivity index (χ0v) is 22.7. The number of fused-ring (bicyclic) bond motifs is 1. The van der Waals surface area contributed by atoms with Crippen molar-refractivity contribution in [2.45, 2.75) is 31.7 Å². The van der Waals surface area contributed by atoms with Crippen LogP contribution in [0.15, 0.2) is 53.7 Å². The number of rotatable bonds is 6. The third kappa shape index (κ3) is 5.11. The highest BCUT2D eigenvalue weighted by Gasteiger charge is 2.39. The van der Waals surface area contributed by atoms with Gasteiger partial charge in [0, 0.05) is 17.9 Å². The highest BCUT2D eigenvalue weighted by molar-refractivity contribution is 7.92. The molecule has 0 spiro atoms. The van der Waals surface area contributed by atoms with E-state index < -0.39 is 9.84 Å². The molecule has 2 saturated heterocycles. The minimum atomic E-state index is -2.81. The average Bonchev–Trinajstić information content (AvgIpc) is 2.92. The Balaban J connectivity index is 1.25. The molecule has 2 fully saturated rings. The van der Waals surface area contributed by atoms with E-state index in [-0.39, 0.29) is 11.6 Å². The normalized spacial score (nSPS) is 18.1. The third-order valence-corrected chi connectivity index (χ3v) is 9.53. The van der Waals surface area contributed by atoms with Gasteiger partial charge in [-0.05, 0) is 79.6 Å². The Morgan fingerprint density at radius 2 is 1.85 bits per heavy atom. The van der Waals surface area contributed by atoms with E-state index in [0.29, 0.717) is 45.9 Å². The summed E-state index contributed by atoms with van der Waals surface area (Å²) in [4.78, 5) is 31.3. The van der Waals surface area contributed by atoms with Crippen molar-refractivity contribution in [3.05, 3.63) is 70.4 Å². The molecule has 2 aliphatic rings. The maximum atomic E-state index is 12.8. The Morgan fingerprint density at radius 3 is 2.56 bits per heavy atom. The molecule has 2 aliphatic heterocycles. The number of nitrogens with one attached hydrogen (secondary N) is 2. The summed E-state index contributed by atoms with van der Waals surface area (Å²) in [5, 5.41) is 4.56. The van der Waals surface area contributed by atoms with Crippen LogP contribution in [0.5, 0.6) is 5.88 Å². The number of benzene rings is 1. The summed E-state index contributed by atoms with van der Waals surface area (Å²) in [7, 11) is -1.28. The molecule has 0 atom stereocenters. The van der Waals surface area contributed by atoms with Crippen LogP contribution < -0.4 is 15.6 Å². The second kappa shape index (κ2) is 10.0. The van der Waals surface area contributed by atoms with Crippen molar-refractivity contribution in [2.75, 3.05) is 37.0 Å². The van der Waals surface area contributed by atoms with E-state index in [1.807, 2.05) is 18.2 Å². The fourth-order valence-electron chi connectivity index (χ4n) is 5.68. The van der Waals surface area contributed by atoms with E-state index in [2.05, 4.69) is 44.2 Å². The van der Waals surface area contributed by atoms with Crippen LogP contribution in [0, 0.1) is 6.92 Å². The van der Waals surface area contributed by atoms with Crippen molar-refractivity contribution >= 4 is 32.1 Å². The van der Waals surface area contributed by atoms with Crippen molar-refractivity contribution in [2.24, 2.45) is 0 Å². The summed E-state index contributed by atoms with van der Waals surface area (Å²) in [6.07, 6.45) is 6.77. The number of aryl methyl sites for hydroxylation is 1. The number of nitrogens with zero attached hydrogens (tertiary/aromatic N) is 4. The van der Waals surface area contributed by atoms with Crippen molar-refractivity contribution in [3.63, 3.8) is 0 Å². The van der Waals surface area contributed by atoms with E-state index in [4.69, 9.17) is 9.72 Å². The SMILES string of the molecule is COc1cncc(-c2cc3cc[nH]c(=O)c3c(Nc3ccc(C4CCN(C5CS(=O)(=O)C5)CC4)c(C)c3)n2)n1. The van der Waals surface area contributed by atoms with Gasteiger partial charge in [0.1, 0.15) is 11.5 Å². The highest BCUT2D eigenvalue weighted by Crippen LogP contribution is 2.34. The topological polar surface area (TPSA) is 130 Å². The second-order valence-corrected chi connectivity index (χ2v) is 12.5. The number of hydrogen-bond donors (Lipinski definition) is 2. The largest absolute Gasteiger partial charge is 0.480 e. The number of ether oxygens (including phenoxy) is 1. The van der Waals surface area contributed by atoms with Gasteiger partial charge in [-0.3, -0.25) is 14.7 Å². The lowest BCUT2D eigenvalue weighted by molar-refractivity contribution is 0.166. The van der Waals surface area contributed by atoms with Gasteiger partial charge in [-0.1, -0.05) is 6.07 Å². The van der Waals surface area contributed by atoms with Crippen molar-refractivity contribution in [1.29, 1.82) is 0 Å². The Labute approximate surface area is 226 Å². The van der Waals surface area contributed by atoms with Gasteiger partial charge in [-0.25, -0.2) is 18.4 Å². The molecule has 0 radical (unpaired) electrons. The van der Waals surface area contributed by atoms with Crippen LogP contribution in [-0.4, -0.2) is 71.0 Å². The van der Waals surface area contributed by atoms with E-state index in [1.165, 1.54) is 18.9 Å². The number of likely N-dealkylation sites (tertiary alicyclic amines) is 1. The number of aromatic nitrogens is 4. The van der Waals surface area contributed by atoms with Crippen LogP contribution in [0.3, 0.4) is 0 Å². The fourth-order valence-corrected chi connectivity index (χ4v) is 7.17. The monoisotopic (exact) mass is 546 g/mol. The molecule has 0 saturated carbocycles. The number of methoxy groups -OCH3 is 1. The molecule has 2 N–H and O–H groups in total. The number of sulfone groups is 1. The molecule has 6 rings (SSSR count). The minimum absolute atomic E-state index is 0.188. The first-order valence-electron chi connectivity index (χ1n) is 13.0. The Bertz CT molecular complexity index is 1700. The van der Waals surface area contributed by atoms with Gasteiger partial charge in [-0.2, -0.15) is 0 Å². The summed E-state index contributed by atoms with van der Waals surface area (Å²) < 4.78 is 28.4. The highest BCUT2D eigenvalue weighted by atomic mass is 32.2. The lowest BCUT2D eigenvalue weighted by Crippen LogP contribution is -2.55. The first kappa shape index (κ1) is 25.4. The van der Waals surface area contributed by atoms with Gasteiger partial charge in [0.25, 0.3) is 5.56 Å². The summed E-state index contributed by atoms with van der Waals surface area (Å²) in [6.45, 7) is 3.94. The van der Waals surface area contributed by atoms with Crippen LogP contribution in [0.2, 0.25) is 0 Å². The summed E-state index contributed by atoms with van der Waals surface area (Å²) in [5.41, 5.74) is 4.18. The Hall–Kier alpha value is -3.83. The molecule has 1 aromatic carbocycles. The first-order chi connectivity index (χ1) is 18.8. The average molecular weight is 547 g/mol. The van der Waals surface area contributed by atoms with Crippen LogP contribution in [0.4, 0.5) is 11.5 Å². The third-order valence-electron chi connectivity index (χ3n) is 7.75. The predicted molar refractivity (Wildman–Crippen MR) is 150 cm³/mol. The smallest absolute Gasteiger partial charge is 0.259 e. The number of anilines is 2. The summed E-state index contributed by atoms with van der Waals surface area (Å²) in [6, 6.07) is 10.1. The molecule has 0 amide bonds. The molecular weight excluding hydrogens is 516 g/mol. The zero-order valence-electron chi connectivity index (χ0n) is 21.8. The van der Waals surface area contributed by atoms with Crippen molar-refractivity contribution < 1.29 is 13.2 Å². The number of pyridine rings is 2. The van der Waals surface area contributed by atoms with Crippen LogP contribution in [0.1, 0.15) is 29.9 Å². The molecule has 39 heavy (non-hydrogen) atoms. The van der Waals surface area contributed by atoms with E-state index in [1.54, 1.807) is 12.4 Å². The number of H-pyrrole nitrogens is 1. The number of hydrogen-bond acceptors (Lipinski definition) is 9. The Kier molecular flexibility index (Phi) is 6.56. The molecule has 0 unspecified atom stereocenters. The zero-order chi connectivity index (χ0) is 27.1. The van der Waals surface area contributed by atoms with Gasteiger partial charge in [0.2, 0.25) is 5.88 Å². The van der Waals surface area contributed by atoms with Crippen molar-refractivity contribution in [1.82, 2.24) is 24.8 Å². The standard InChI is InChI=1S/C28H30N6O4S/c1-17-11-20(3-4-22(17)18-6-9-34(10-7-18)21-15-39(36,37)16-21)31-27-26-19(5-8-30-28(26)35)12-23(33-27)24-13-29-14-25(32-24)38-2/h3-5,8,11-14,18,21H,6-7,9-10,15-16H2,1-2H3,(H,30,35)(H,31,33). The van der Waals surface area contributed by atoms with Crippen LogP contribution >= 0.6 is 0 Å². The molecular formula is C28H30N6O4S. The molecule has 5 heterocycles. The van der Waals surface area contributed by atoms with E-state index in [0.717, 1.165) is 42.6 Å². The Morgan fingerprint density at radius 1 is 1.05 bits per heavy atom. The molecule has 10 nitrogen and oxygen atoms in total. The molecule has 11 heteroatoms. The molecule has 202 valence electrons. The lowest BCUT2D eigenvalue weighted by atomic mass is 9.86. The predicted octanol–water partition coefficient (Wildman–Crippen LogP) is 3.42. The maximum absolute atomic E-state index is 12.8. The number of piperidine rings is 1. The quantitative estimate of drug-likeness (QED) is 0.374. The van der Waals surface area contributed by atoms with Gasteiger partial charge in [0.05, 0.1) is 42.1 Å². The molecule has 3 aromatic heterocycles. The van der Waals surface area contributed by atoms with Gasteiger partial charge in [0.15, 0.2) is 9.84 Å². The van der Waals surface area contributed by atoms with Gasteiger partial charge < -0.3 is 15.0 Å². The van der Waals surface area contributed by atoms with Gasteiger partial charge in [-0.15, -0.1) is 0 Å². The van der Waals surface area contributed by atoms with Gasteiger partial charge >= 0.3 is 0 Å². The molecule has 0 aliphatic carbocycles. The fraction of sp³-hybridized carbons (Fsp3) is 0.357. The van der Waals surface area contributed by atoms with Crippen LogP contribution in [-0.2, 0) is 9.84 Å². The second-order valence-electron chi connectivity index (χ2n) is 10.3. The molecule has 0 bridgehead atoms. The number of aromatic amines is 1. The minimum Gasteiger partial charge on any atom is -0.480 e. The lowest BCUT2D eigenvalue weighted by Gasteiger charge is -2.41. The first-order valence-corrected chi connectivity index (χ1v) is 14.8. The van der Waals surface area contributed by atoms with E-state index in [9.17, 15) is 13.2 Å². The summed E-state index contributed by atoms with van der Waals surface area (Å²) >= 11 is 0. The maximum Gasteiger partial charge on any atom is 0.259 e.